The molecule has 0 bridgehead atoms. The number of anilines is 2. The van der Waals surface area contributed by atoms with Gasteiger partial charge in [0.2, 0.25) is 11.9 Å². The van der Waals surface area contributed by atoms with Crippen molar-refractivity contribution in [3.63, 3.8) is 0 Å². The first-order valence-corrected chi connectivity index (χ1v) is 7.75. The van der Waals surface area contributed by atoms with E-state index in [1.807, 2.05) is 0 Å². The second kappa shape index (κ2) is 6.24. The molecule has 2 N–H and O–H groups in total. The van der Waals surface area contributed by atoms with Crippen LogP contribution in [-0.4, -0.2) is 24.5 Å². The van der Waals surface area contributed by atoms with E-state index in [1.54, 1.807) is 24.3 Å². The summed E-state index contributed by atoms with van der Waals surface area (Å²) in [7, 11) is 0. The molecule has 10 heteroatoms. The van der Waals surface area contributed by atoms with E-state index in [1.165, 1.54) is 23.0 Å². The maximum Gasteiger partial charge on any atom is 0.416 e. The molecular formula is C17H11F3N6O. The monoisotopic (exact) mass is 372 g/mol. The van der Waals surface area contributed by atoms with Crippen molar-refractivity contribution in [3.8, 4) is 5.95 Å². The first-order chi connectivity index (χ1) is 12.9. The highest BCUT2D eigenvalue weighted by molar-refractivity contribution is 5.76. The van der Waals surface area contributed by atoms with Crippen LogP contribution in [-0.2, 0) is 6.18 Å². The molecule has 0 saturated carbocycles. The lowest BCUT2D eigenvalue weighted by Crippen LogP contribution is -2.18. The number of hydrogen-bond acceptors (Lipinski definition) is 5. The number of fused-ring (bicyclic) bond motifs is 1. The molecule has 2 aromatic carbocycles. The predicted molar refractivity (Wildman–Crippen MR) is 92.0 cm³/mol. The molecular weight excluding hydrogens is 361 g/mol. The molecule has 0 aliphatic rings. The maximum absolute atomic E-state index is 12.6. The van der Waals surface area contributed by atoms with Gasteiger partial charge in [-0.05, 0) is 36.4 Å². The van der Waals surface area contributed by atoms with Crippen molar-refractivity contribution in [3.05, 3.63) is 70.9 Å². The second-order valence-corrected chi connectivity index (χ2v) is 5.59. The standard InChI is InChI=1S/C17H11F3N6O/c18-17(19,20)10-5-7-11(8-6-10)23-14-21-9-22-15(25-14)26-13-4-2-1-3-12(13)24-16(26)27/h1-9H,(H,24,27)(H,21,22,23,25). The van der Waals surface area contributed by atoms with Crippen LogP contribution in [0.15, 0.2) is 59.7 Å². The summed E-state index contributed by atoms with van der Waals surface area (Å²) in [5.74, 6) is 0.179. The van der Waals surface area contributed by atoms with Crippen LogP contribution >= 0.6 is 0 Å². The molecule has 0 aliphatic heterocycles. The smallest absolute Gasteiger partial charge is 0.324 e. The number of hydrogen-bond donors (Lipinski definition) is 2. The summed E-state index contributed by atoms with van der Waals surface area (Å²) in [4.78, 5) is 27.1. The number of rotatable bonds is 3. The van der Waals surface area contributed by atoms with Crippen LogP contribution in [0.3, 0.4) is 0 Å². The average Bonchev–Trinajstić information content (AvgIpc) is 2.97. The molecule has 4 rings (SSSR count). The predicted octanol–water partition coefficient (Wildman–Crippen LogP) is 3.27. The van der Waals surface area contributed by atoms with Crippen molar-refractivity contribution >= 4 is 22.7 Å². The minimum Gasteiger partial charge on any atom is -0.324 e. The van der Waals surface area contributed by atoms with E-state index in [-0.39, 0.29) is 11.9 Å². The third-order valence-corrected chi connectivity index (χ3v) is 3.82. The summed E-state index contributed by atoms with van der Waals surface area (Å²) in [5, 5.41) is 2.80. The lowest BCUT2D eigenvalue weighted by atomic mass is 10.2. The van der Waals surface area contributed by atoms with E-state index in [0.717, 1.165) is 12.1 Å². The van der Waals surface area contributed by atoms with Gasteiger partial charge in [0.15, 0.2) is 0 Å². The summed E-state index contributed by atoms with van der Waals surface area (Å²) in [6, 6.07) is 11.5. The fourth-order valence-corrected chi connectivity index (χ4v) is 2.58. The van der Waals surface area contributed by atoms with E-state index < -0.39 is 17.4 Å². The Morgan fingerprint density at radius 2 is 1.74 bits per heavy atom. The van der Waals surface area contributed by atoms with E-state index >= 15 is 0 Å². The Morgan fingerprint density at radius 1 is 1.00 bits per heavy atom. The Hall–Kier alpha value is -3.69. The quantitative estimate of drug-likeness (QED) is 0.576. The minimum atomic E-state index is -4.41. The van der Waals surface area contributed by atoms with Crippen LogP contribution in [0.25, 0.3) is 17.0 Å². The molecule has 27 heavy (non-hydrogen) atoms. The summed E-state index contributed by atoms with van der Waals surface area (Å²) >= 11 is 0. The van der Waals surface area contributed by atoms with Gasteiger partial charge in [-0.1, -0.05) is 12.1 Å². The molecule has 0 amide bonds. The van der Waals surface area contributed by atoms with Gasteiger partial charge in [0.05, 0.1) is 16.6 Å². The van der Waals surface area contributed by atoms with Gasteiger partial charge in [0.25, 0.3) is 0 Å². The number of aromatic amines is 1. The molecule has 0 atom stereocenters. The SMILES string of the molecule is O=c1[nH]c2ccccc2n1-c1ncnc(Nc2ccc(C(F)(F)F)cc2)n1. The van der Waals surface area contributed by atoms with Gasteiger partial charge in [-0.3, -0.25) is 0 Å². The van der Waals surface area contributed by atoms with E-state index in [0.29, 0.717) is 16.7 Å². The number of aromatic nitrogens is 5. The Labute approximate surface area is 149 Å². The number of halogens is 3. The molecule has 0 fully saturated rings. The Morgan fingerprint density at radius 3 is 2.48 bits per heavy atom. The fourth-order valence-electron chi connectivity index (χ4n) is 2.58. The number of alkyl halides is 3. The number of nitrogens with one attached hydrogen (secondary N) is 2. The Kier molecular flexibility index (Phi) is 3.87. The molecule has 7 nitrogen and oxygen atoms in total. The van der Waals surface area contributed by atoms with E-state index in [2.05, 4.69) is 25.3 Å². The van der Waals surface area contributed by atoms with E-state index in [4.69, 9.17) is 0 Å². The Bertz CT molecular complexity index is 1160. The van der Waals surface area contributed by atoms with Crippen LogP contribution < -0.4 is 11.0 Å². The van der Waals surface area contributed by atoms with Crippen LogP contribution in [0.5, 0.6) is 0 Å². The molecule has 0 aliphatic carbocycles. The first-order valence-electron chi connectivity index (χ1n) is 7.75. The Balaban J connectivity index is 1.67. The third-order valence-electron chi connectivity index (χ3n) is 3.82. The van der Waals surface area contributed by atoms with Gasteiger partial charge in [-0.25, -0.2) is 19.3 Å². The second-order valence-electron chi connectivity index (χ2n) is 5.59. The molecule has 2 aromatic heterocycles. The van der Waals surface area contributed by atoms with Crippen molar-refractivity contribution in [2.24, 2.45) is 0 Å². The average molecular weight is 372 g/mol. The number of H-pyrrole nitrogens is 1. The van der Waals surface area contributed by atoms with Crippen LogP contribution in [0, 0.1) is 0 Å². The van der Waals surface area contributed by atoms with Gasteiger partial charge in [-0.2, -0.15) is 18.2 Å². The number of benzene rings is 2. The van der Waals surface area contributed by atoms with Crippen molar-refractivity contribution in [2.75, 3.05) is 5.32 Å². The lowest BCUT2D eigenvalue weighted by molar-refractivity contribution is -0.137. The molecule has 0 spiro atoms. The van der Waals surface area contributed by atoms with Gasteiger partial charge in [0, 0.05) is 5.69 Å². The van der Waals surface area contributed by atoms with Crippen LogP contribution in [0.4, 0.5) is 24.8 Å². The van der Waals surface area contributed by atoms with Crippen LogP contribution in [0.1, 0.15) is 5.56 Å². The van der Waals surface area contributed by atoms with Gasteiger partial charge < -0.3 is 10.3 Å². The highest BCUT2D eigenvalue weighted by Crippen LogP contribution is 2.30. The normalized spacial score (nSPS) is 11.7. The van der Waals surface area contributed by atoms with Crippen LogP contribution in [0.2, 0.25) is 0 Å². The highest BCUT2D eigenvalue weighted by atomic mass is 19.4. The molecule has 0 radical (unpaired) electrons. The van der Waals surface area contributed by atoms with Gasteiger partial charge >= 0.3 is 11.9 Å². The summed E-state index contributed by atoms with van der Waals surface area (Å²) in [6.07, 6.45) is -3.20. The third kappa shape index (κ3) is 3.24. The van der Waals surface area contributed by atoms with Gasteiger partial charge in [-0.15, -0.1) is 0 Å². The summed E-state index contributed by atoms with van der Waals surface area (Å²) < 4.78 is 39.2. The topological polar surface area (TPSA) is 88.5 Å². The molecule has 136 valence electrons. The fraction of sp³-hybridized carbons (Fsp3) is 0.0588. The highest BCUT2D eigenvalue weighted by Gasteiger charge is 2.29. The summed E-state index contributed by atoms with van der Waals surface area (Å²) in [5.41, 5.74) is 0.415. The molecule has 0 unspecified atom stereocenters. The molecule has 0 saturated heterocycles. The van der Waals surface area contributed by atoms with Crippen molar-refractivity contribution in [2.45, 2.75) is 6.18 Å². The molecule has 2 heterocycles. The lowest BCUT2D eigenvalue weighted by Gasteiger charge is -2.09. The number of para-hydroxylation sites is 2. The summed E-state index contributed by atoms with van der Waals surface area (Å²) in [6.45, 7) is 0. The van der Waals surface area contributed by atoms with Gasteiger partial charge in [0.1, 0.15) is 6.33 Å². The minimum absolute atomic E-state index is 0.0851. The van der Waals surface area contributed by atoms with Crippen molar-refractivity contribution < 1.29 is 13.2 Å². The zero-order valence-electron chi connectivity index (χ0n) is 13.5. The first kappa shape index (κ1) is 16.8. The maximum atomic E-state index is 12.6. The van der Waals surface area contributed by atoms with Crippen molar-refractivity contribution in [1.29, 1.82) is 0 Å². The van der Waals surface area contributed by atoms with Crippen molar-refractivity contribution in [1.82, 2.24) is 24.5 Å². The molecule has 4 aromatic rings. The number of imidazole rings is 1. The zero-order valence-corrected chi connectivity index (χ0v) is 13.5. The largest absolute Gasteiger partial charge is 0.416 e. The zero-order chi connectivity index (χ0) is 19.0. The van der Waals surface area contributed by atoms with E-state index in [9.17, 15) is 18.0 Å². The number of nitrogens with zero attached hydrogens (tertiary/aromatic N) is 4.